The van der Waals surface area contributed by atoms with Crippen molar-refractivity contribution in [2.75, 3.05) is 4.90 Å². The van der Waals surface area contributed by atoms with E-state index >= 15 is 0 Å². The van der Waals surface area contributed by atoms with E-state index in [1.54, 1.807) is 42.5 Å². The van der Waals surface area contributed by atoms with Crippen molar-refractivity contribution in [2.24, 2.45) is 0 Å². The van der Waals surface area contributed by atoms with E-state index in [1.165, 1.54) is 0 Å². The predicted molar refractivity (Wildman–Crippen MR) is 270 cm³/mol. The average Bonchev–Trinajstić information content (AvgIpc) is 4.00. The van der Waals surface area contributed by atoms with Crippen LogP contribution in [-0.4, -0.2) is 0 Å². The van der Waals surface area contributed by atoms with E-state index in [0.29, 0.717) is 33.0 Å². The number of anilines is 3. The van der Waals surface area contributed by atoms with Crippen molar-refractivity contribution in [3.63, 3.8) is 0 Å². The maximum absolute atomic E-state index is 10.0. The summed E-state index contributed by atoms with van der Waals surface area (Å²) in [7, 11) is 0. The van der Waals surface area contributed by atoms with Gasteiger partial charge in [0.1, 0.15) is 0 Å². The van der Waals surface area contributed by atoms with Gasteiger partial charge in [0.15, 0.2) is 0 Å². The first-order chi connectivity index (χ1) is 36.8. The molecule has 1 nitrogen and oxygen atoms in total. The van der Waals surface area contributed by atoms with Gasteiger partial charge in [-0.1, -0.05) is 224 Å². The SMILES string of the molecule is [2H]c1c([2H])c(N(c2c([2H])c([2H])c(-c3cccc4ccccc34)c([2H])c2[2H])c2c([2H])c([2H])c(-c3cccc4ccccc34)c([2H])c2[2H])c([2H])c([2H])c1-c1cccc2c1-c1ccccc1C2(c1ccccc1)c1ccccc1. The van der Waals surface area contributed by atoms with Gasteiger partial charge in [0.25, 0.3) is 0 Å². The molecule has 0 aromatic heterocycles. The van der Waals surface area contributed by atoms with Crippen molar-refractivity contribution in [3.8, 4) is 44.5 Å². The molecular weight excluding hydrogens is 771 g/mol. The van der Waals surface area contributed by atoms with E-state index in [9.17, 15) is 16.4 Å². The highest BCUT2D eigenvalue weighted by Crippen LogP contribution is 2.58. The second-order valence-electron chi connectivity index (χ2n) is 15.8. The molecule has 0 aliphatic heterocycles. The summed E-state index contributed by atoms with van der Waals surface area (Å²) in [5, 5.41) is 2.90. The van der Waals surface area contributed by atoms with Gasteiger partial charge in [0.2, 0.25) is 0 Å². The molecule has 64 heavy (non-hydrogen) atoms. The van der Waals surface area contributed by atoms with Gasteiger partial charge in [0, 0.05) is 17.1 Å². The molecule has 0 atom stereocenters. The van der Waals surface area contributed by atoms with Gasteiger partial charge in [-0.25, -0.2) is 0 Å². The molecule has 300 valence electrons. The molecule has 0 unspecified atom stereocenters. The molecule has 0 spiro atoms. The van der Waals surface area contributed by atoms with Crippen molar-refractivity contribution in [1.82, 2.24) is 0 Å². The van der Waals surface area contributed by atoms with E-state index in [2.05, 4.69) is 30.3 Å². The van der Waals surface area contributed by atoms with E-state index in [-0.39, 0.29) is 16.7 Å². The zero-order valence-corrected chi connectivity index (χ0v) is 34.3. The minimum absolute atomic E-state index is 0.0449. The first-order valence-corrected chi connectivity index (χ1v) is 21.2. The Morgan fingerprint density at radius 1 is 0.297 bits per heavy atom. The Bertz CT molecular complexity index is 3930. The lowest BCUT2D eigenvalue weighted by molar-refractivity contribution is 0.768. The number of hydrogen-bond donors (Lipinski definition) is 0. The molecule has 11 aromatic carbocycles. The summed E-state index contributed by atoms with van der Waals surface area (Å²) in [5.41, 5.74) is 3.75. The maximum Gasteiger partial charge on any atom is 0.0713 e. The fourth-order valence-electron chi connectivity index (χ4n) is 9.58. The van der Waals surface area contributed by atoms with Gasteiger partial charge in [-0.2, -0.15) is 0 Å². The molecular formula is C63H43N. The normalized spacial score (nSPS) is 15.1. The zero-order chi connectivity index (χ0) is 52.9. The third-order valence-electron chi connectivity index (χ3n) is 12.4. The van der Waals surface area contributed by atoms with Crippen LogP contribution < -0.4 is 4.90 Å². The smallest absolute Gasteiger partial charge is 0.0713 e. The van der Waals surface area contributed by atoms with Crippen molar-refractivity contribution in [3.05, 3.63) is 283 Å². The third-order valence-corrected chi connectivity index (χ3v) is 12.4. The highest BCUT2D eigenvalue weighted by Gasteiger charge is 2.46. The van der Waals surface area contributed by atoms with Gasteiger partial charge in [-0.3, -0.25) is 0 Å². The Hall–Kier alpha value is -8.26. The summed E-state index contributed by atoms with van der Waals surface area (Å²) in [6.07, 6.45) is 0. The first kappa shape index (κ1) is 26.9. The highest BCUT2D eigenvalue weighted by molar-refractivity contribution is 5.99. The molecule has 0 fully saturated rings. The lowest BCUT2D eigenvalue weighted by Crippen LogP contribution is -2.28. The van der Waals surface area contributed by atoms with Crippen LogP contribution in [-0.2, 0) is 5.41 Å². The molecule has 0 bridgehead atoms. The molecule has 0 saturated carbocycles. The van der Waals surface area contributed by atoms with E-state index in [1.807, 2.05) is 115 Å². The van der Waals surface area contributed by atoms with Crippen LogP contribution in [0.5, 0.6) is 0 Å². The van der Waals surface area contributed by atoms with E-state index < -0.39 is 95.0 Å². The molecule has 1 aliphatic carbocycles. The van der Waals surface area contributed by atoms with Crippen LogP contribution in [0.1, 0.15) is 38.7 Å². The van der Waals surface area contributed by atoms with E-state index in [4.69, 9.17) is 0 Å². The number of hydrogen-bond acceptors (Lipinski definition) is 1. The summed E-state index contributed by atoms with van der Waals surface area (Å²) >= 11 is 0. The number of rotatable bonds is 8. The van der Waals surface area contributed by atoms with Crippen LogP contribution in [0.3, 0.4) is 0 Å². The number of nitrogens with zero attached hydrogens (tertiary/aromatic N) is 1. The maximum atomic E-state index is 10.0. The Morgan fingerprint density at radius 2 is 0.656 bits per heavy atom. The van der Waals surface area contributed by atoms with Crippen LogP contribution in [0.2, 0.25) is 0 Å². The molecule has 11 aromatic rings. The van der Waals surface area contributed by atoms with Crippen molar-refractivity contribution in [2.45, 2.75) is 5.41 Å². The van der Waals surface area contributed by atoms with Gasteiger partial charge >= 0.3 is 0 Å². The molecule has 0 radical (unpaired) electrons. The number of fused-ring (bicyclic) bond motifs is 5. The predicted octanol–water partition coefficient (Wildman–Crippen LogP) is 16.8. The topological polar surface area (TPSA) is 3.24 Å². The van der Waals surface area contributed by atoms with Gasteiger partial charge in [-0.15, -0.1) is 0 Å². The second kappa shape index (κ2) is 15.6. The summed E-state index contributed by atoms with van der Waals surface area (Å²) in [4.78, 5) is 0.881. The van der Waals surface area contributed by atoms with Gasteiger partial charge in [-0.05, 0) is 125 Å². The fraction of sp³-hybridized carbons (Fsp3) is 0.0159. The summed E-state index contributed by atoms with van der Waals surface area (Å²) in [5.74, 6) is 0. The Morgan fingerprint density at radius 3 is 1.17 bits per heavy atom. The molecule has 1 heteroatoms. The van der Waals surface area contributed by atoms with Gasteiger partial charge in [0.05, 0.1) is 21.9 Å². The largest absolute Gasteiger partial charge is 0.311 e. The first-order valence-electron chi connectivity index (χ1n) is 27.2. The molecule has 0 saturated heterocycles. The molecule has 0 heterocycles. The second-order valence-corrected chi connectivity index (χ2v) is 15.8. The minimum atomic E-state index is -0.858. The lowest BCUT2D eigenvalue weighted by Gasteiger charge is -2.34. The fourth-order valence-corrected chi connectivity index (χ4v) is 9.58. The highest BCUT2D eigenvalue weighted by atomic mass is 15.1. The lowest BCUT2D eigenvalue weighted by atomic mass is 9.67. The standard InChI is InChI=1S/C63H43N/c1-3-20-49(21-4-1)63(50-22-5-2-6-23-50)60-30-12-11-26-59(60)62-58(29-15-31-61(62)63)48-36-42-53(43-37-48)64(51-38-32-46(33-39-51)56-27-13-18-44-16-7-9-24-54(44)56)52-40-34-47(35-41-52)57-28-14-19-45-17-8-10-25-55(45)57/h1-43H/i32D,33D,34D,35D,36D,37D,38D,39D,40D,41D,42D,43D. The van der Waals surface area contributed by atoms with Crippen molar-refractivity contribution >= 4 is 38.6 Å². The third kappa shape index (κ3) is 6.08. The quantitative estimate of drug-likeness (QED) is 0.148. The summed E-state index contributed by atoms with van der Waals surface area (Å²) < 4.78 is 117. The van der Waals surface area contributed by atoms with Crippen molar-refractivity contribution in [1.29, 1.82) is 0 Å². The van der Waals surface area contributed by atoms with Crippen LogP contribution in [0.25, 0.3) is 66.1 Å². The number of benzene rings is 11. The minimum Gasteiger partial charge on any atom is -0.311 e. The Balaban J connectivity index is 1.15. The molecule has 0 N–H and O–H groups in total. The monoisotopic (exact) mass is 825 g/mol. The Labute approximate surface area is 391 Å². The van der Waals surface area contributed by atoms with Crippen LogP contribution >= 0.6 is 0 Å². The molecule has 1 aliphatic rings. The van der Waals surface area contributed by atoms with Crippen molar-refractivity contribution < 1.29 is 16.4 Å². The van der Waals surface area contributed by atoms with Gasteiger partial charge < -0.3 is 4.90 Å². The summed E-state index contributed by atoms with van der Waals surface area (Å²) in [6.45, 7) is 0. The molecule has 0 amide bonds. The van der Waals surface area contributed by atoms with Crippen LogP contribution in [0.15, 0.2) is 261 Å². The Kier molecular flexibility index (Phi) is 6.56. The zero-order valence-electron chi connectivity index (χ0n) is 46.3. The van der Waals surface area contributed by atoms with Crippen LogP contribution in [0.4, 0.5) is 17.1 Å². The average molecular weight is 826 g/mol. The summed E-state index contributed by atoms with van der Waals surface area (Å²) in [6, 6.07) is 52.0. The van der Waals surface area contributed by atoms with E-state index in [0.717, 1.165) is 43.5 Å². The van der Waals surface area contributed by atoms with Crippen LogP contribution in [0, 0.1) is 0 Å². The molecule has 12 rings (SSSR count).